The molecule has 0 aliphatic carbocycles. The highest BCUT2D eigenvalue weighted by molar-refractivity contribution is 6.04. The van der Waals surface area contributed by atoms with Crippen LogP contribution in [0.5, 0.6) is 11.5 Å². The van der Waals surface area contributed by atoms with Gasteiger partial charge in [-0.1, -0.05) is 6.92 Å². The highest BCUT2D eigenvalue weighted by Gasteiger charge is 2.17. The molecule has 2 aromatic heterocycles. The van der Waals surface area contributed by atoms with E-state index in [1.165, 1.54) is 0 Å². The smallest absolute Gasteiger partial charge is 0.178 e. The molecule has 0 bridgehead atoms. The third kappa shape index (κ3) is 1.60. The van der Waals surface area contributed by atoms with Gasteiger partial charge in [-0.05, 0) is 12.5 Å². The Kier molecular flexibility index (Phi) is 2.70. The zero-order valence-electron chi connectivity index (χ0n) is 11.0. The van der Waals surface area contributed by atoms with Crippen molar-refractivity contribution in [2.45, 2.75) is 13.3 Å². The van der Waals surface area contributed by atoms with Crippen LogP contribution in [0.1, 0.15) is 12.5 Å². The van der Waals surface area contributed by atoms with Crippen LogP contribution >= 0.6 is 0 Å². The van der Waals surface area contributed by atoms with Gasteiger partial charge in [-0.25, -0.2) is 0 Å². The minimum Gasteiger partial charge on any atom is -0.493 e. The Labute approximate surface area is 109 Å². The second kappa shape index (κ2) is 4.38. The fraction of sp³-hybridized carbons (Fsp3) is 0.308. The molecule has 19 heavy (non-hydrogen) atoms. The van der Waals surface area contributed by atoms with Crippen molar-refractivity contribution in [1.29, 1.82) is 0 Å². The maximum atomic E-state index is 5.44. The summed E-state index contributed by atoms with van der Waals surface area (Å²) in [5, 5.41) is 17.1. The number of aromatic amines is 1. The molecule has 0 fully saturated rings. The summed E-state index contributed by atoms with van der Waals surface area (Å²) in [6.45, 7) is 2.05. The quantitative estimate of drug-likeness (QED) is 0.778. The number of methoxy groups -OCH3 is 2. The van der Waals surface area contributed by atoms with E-state index < -0.39 is 0 Å². The first-order chi connectivity index (χ1) is 9.30. The Hall–Kier alpha value is -2.37. The molecule has 1 aromatic carbocycles. The monoisotopic (exact) mass is 258 g/mol. The predicted octanol–water partition coefficient (Wildman–Crippen LogP) is 2.09. The normalized spacial score (nSPS) is 11.1. The van der Waals surface area contributed by atoms with Gasteiger partial charge in [0.1, 0.15) is 5.52 Å². The predicted molar refractivity (Wildman–Crippen MR) is 71.7 cm³/mol. The largest absolute Gasteiger partial charge is 0.493 e. The Balaban J connectivity index is 2.49. The van der Waals surface area contributed by atoms with Gasteiger partial charge in [0.15, 0.2) is 17.1 Å². The maximum absolute atomic E-state index is 5.44. The van der Waals surface area contributed by atoms with Crippen LogP contribution in [0.3, 0.4) is 0 Å². The molecule has 2 heterocycles. The van der Waals surface area contributed by atoms with Crippen LogP contribution in [-0.2, 0) is 6.42 Å². The molecule has 0 radical (unpaired) electrons. The van der Waals surface area contributed by atoms with Crippen molar-refractivity contribution in [1.82, 2.24) is 20.4 Å². The van der Waals surface area contributed by atoms with Crippen molar-refractivity contribution in [3.8, 4) is 11.5 Å². The first kappa shape index (κ1) is 11.7. The van der Waals surface area contributed by atoms with Crippen molar-refractivity contribution in [3.05, 3.63) is 17.8 Å². The molecule has 0 aliphatic heterocycles. The van der Waals surface area contributed by atoms with Crippen LogP contribution in [0, 0.1) is 0 Å². The number of hydrogen-bond acceptors (Lipinski definition) is 5. The molecular weight excluding hydrogens is 244 g/mol. The molecule has 3 aromatic rings. The minimum atomic E-state index is 0.668. The number of nitrogens with one attached hydrogen (secondary N) is 1. The molecular formula is C13H14N4O2. The number of fused-ring (bicyclic) bond motifs is 3. The van der Waals surface area contributed by atoms with Gasteiger partial charge in [0.05, 0.1) is 25.8 Å². The molecule has 6 nitrogen and oxygen atoms in total. The van der Waals surface area contributed by atoms with E-state index in [-0.39, 0.29) is 0 Å². The first-order valence-corrected chi connectivity index (χ1v) is 6.03. The molecule has 0 spiro atoms. The zero-order valence-corrected chi connectivity index (χ0v) is 11.0. The number of benzene rings is 1. The van der Waals surface area contributed by atoms with E-state index in [4.69, 9.17) is 9.47 Å². The van der Waals surface area contributed by atoms with Gasteiger partial charge >= 0.3 is 0 Å². The third-order valence-corrected chi connectivity index (χ3v) is 3.25. The fourth-order valence-electron chi connectivity index (χ4n) is 2.36. The number of aromatic nitrogens is 4. The Bertz CT molecular complexity index is 751. The summed E-state index contributed by atoms with van der Waals surface area (Å²) in [7, 11) is 3.26. The Morgan fingerprint density at radius 2 is 2.00 bits per heavy atom. The second-order valence-corrected chi connectivity index (χ2v) is 4.17. The number of ether oxygens (including phenoxy) is 2. The lowest BCUT2D eigenvalue weighted by Gasteiger charge is -2.14. The van der Waals surface area contributed by atoms with Gasteiger partial charge in [-0.3, -0.25) is 5.10 Å². The van der Waals surface area contributed by atoms with E-state index in [1.807, 2.05) is 6.07 Å². The highest BCUT2D eigenvalue weighted by atomic mass is 16.5. The molecule has 98 valence electrons. The van der Waals surface area contributed by atoms with E-state index in [0.717, 1.165) is 34.0 Å². The summed E-state index contributed by atoms with van der Waals surface area (Å²) in [5.41, 5.74) is 2.49. The van der Waals surface area contributed by atoms with Crippen molar-refractivity contribution in [2.24, 2.45) is 0 Å². The molecule has 0 aliphatic rings. The van der Waals surface area contributed by atoms with Crippen LogP contribution < -0.4 is 9.47 Å². The molecule has 1 N–H and O–H groups in total. The van der Waals surface area contributed by atoms with Crippen molar-refractivity contribution >= 4 is 21.9 Å². The number of H-pyrrole nitrogens is 1. The van der Waals surface area contributed by atoms with E-state index >= 15 is 0 Å². The van der Waals surface area contributed by atoms with Gasteiger partial charge in [0, 0.05) is 10.9 Å². The number of rotatable bonds is 3. The van der Waals surface area contributed by atoms with Gasteiger partial charge in [-0.2, -0.15) is 5.10 Å². The average molecular weight is 258 g/mol. The minimum absolute atomic E-state index is 0.668. The fourth-order valence-corrected chi connectivity index (χ4v) is 2.36. The standard InChI is InChI=1S/C13H14N4O2/c1-4-7-11-8(5-10(18-2)12(7)19-3)9-6-14-16-13(9)17-15-11/h5-6H,4H2,1-3H3,(H,14,16,17). The van der Waals surface area contributed by atoms with E-state index in [2.05, 4.69) is 27.3 Å². The van der Waals surface area contributed by atoms with Gasteiger partial charge in [0.2, 0.25) is 0 Å². The van der Waals surface area contributed by atoms with Gasteiger partial charge < -0.3 is 9.47 Å². The van der Waals surface area contributed by atoms with E-state index in [9.17, 15) is 0 Å². The summed E-state index contributed by atoms with van der Waals surface area (Å²) in [6, 6.07) is 1.92. The molecule has 0 saturated carbocycles. The average Bonchev–Trinajstić information content (AvgIpc) is 2.93. The summed E-state index contributed by atoms with van der Waals surface area (Å²) < 4.78 is 10.9. The van der Waals surface area contributed by atoms with Crippen LogP contribution in [0.15, 0.2) is 12.3 Å². The van der Waals surface area contributed by atoms with Crippen molar-refractivity contribution < 1.29 is 9.47 Å². The molecule has 6 heteroatoms. The second-order valence-electron chi connectivity index (χ2n) is 4.17. The van der Waals surface area contributed by atoms with Crippen LogP contribution in [0.2, 0.25) is 0 Å². The molecule has 0 unspecified atom stereocenters. The number of aryl methyl sites for hydroxylation is 1. The Morgan fingerprint density at radius 3 is 2.68 bits per heavy atom. The summed E-state index contributed by atoms with van der Waals surface area (Å²) in [5.74, 6) is 1.41. The lowest BCUT2D eigenvalue weighted by atomic mass is 10.0. The zero-order chi connectivity index (χ0) is 13.4. The van der Waals surface area contributed by atoms with Crippen LogP contribution in [-0.4, -0.2) is 34.6 Å². The lowest BCUT2D eigenvalue weighted by molar-refractivity contribution is 0.353. The SMILES string of the molecule is CCc1c(OC)c(OC)cc2c1nnc1[nH]ncc12. The molecule has 0 atom stereocenters. The topological polar surface area (TPSA) is 72.9 Å². The number of nitrogens with zero attached hydrogens (tertiary/aromatic N) is 3. The molecule has 0 amide bonds. The lowest BCUT2D eigenvalue weighted by Crippen LogP contribution is -1.99. The molecule has 0 saturated heterocycles. The van der Waals surface area contributed by atoms with E-state index in [1.54, 1.807) is 20.4 Å². The summed E-state index contributed by atoms with van der Waals surface area (Å²) >= 11 is 0. The van der Waals surface area contributed by atoms with Crippen LogP contribution in [0.4, 0.5) is 0 Å². The summed E-state index contributed by atoms with van der Waals surface area (Å²) in [4.78, 5) is 0. The third-order valence-electron chi connectivity index (χ3n) is 3.25. The Morgan fingerprint density at radius 1 is 1.16 bits per heavy atom. The van der Waals surface area contributed by atoms with Crippen molar-refractivity contribution in [2.75, 3.05) is 14.2 Å². The van der Waals surface area contributed by atoms with E-state index in [0.29, 0.717) is 11.4 Å². The first-order valence-electron chi connectivity index (χ1n) is 6.03. The highest BCUT2D eigenvalue weighted by Crippen LogP contribution is 2.38. The molecule has 3 rings (SSSR count). The van der Waals surface area contributed by atoms with Crippen molar-refractivity contribution in [3.63, 3.8) is 0 Å². The maximum Gasteiger partial charge on any atom is 0.178 e. The summed E-state index contributed by atoms with van der Waals surface area (Å²) in [6.07, 6.45) is 2.53. The number of hydrogen-bond donors (Lipinski definition) is 1. The van der Waals surface area contributed by atoms with Crippen LogP contribution in [0.25, 0.3) is 21.9 Å². The van der Waals surface area contributed by atoms with Gasteiger partial charge in [-0.15, -0.1) is 10.2 Å². The van der Waals surface area contributed by atoms with Gasteiger partial charge in [0.25, 0.3) is 0 Å².